The van der Waals surface area contributed by atoms with Crippen LogP contribution >= 0.6 is 0 Å². The largest absolute Gasteiger partial charge is 0.392 e. The van der Waals surface area contributed by atoms with Gasteiger partial charge in [-0.3, -0.25) is 0 Å². The maximum Gasteiger partial charge on any atom is 0.128 e. The van der Waals surface area contributed by atoms with Crippen LogP contribution in [-0.2, 0) is 6.61 Å². The molecule has 1 aromatic rings. The monoisotopic (exact) mass is 181 g/mol. The highest BCUT2D eigenvalue weighted by molar-refractivity contribution is 5.29. The summed E-state index contributed by atoms with van der Waals surface area (Å²) in [4.78, 5) is 0. The molecule has 0 amide bonds. The molecule has 0 saturated carbocycles. The average molecular weight is 181 g/mol. The second-order valence-electron chi connectivity index (χ2n) is 2.78. The van der Waals surface area contributed by atoms with Crippen LogP contribution in [0.15, 0.2) is 30.9 Å². The first-order valence-corrected chi connectivity index (χ1v) is 3.96. The van der Waals surface area contributed by atoms with Gasteiger partial charge in [0.15, 0.2) is 0 Å². The van der Waals surface area contributed by atoms with Crippen molar-refractivity contribution in [3.8, 4) is 0 Å². The standard InChI is InChI=1S/C10H12FNO/c1-2-10(12)8-5-7(6-13)3-4-9(8)11/h2-5,10,13H,1,6,12H2/t10-/m1/s1. The Bertz CT molecular complexity index is 312. The summed E-state index contributed by atoms with van der Waals surface area (Å²) in [7, 11) is 0. The molecule has 0 aliphatic rings. The van der Waals surface area contributed by atoms with Crippen molar-refractivity contribution in [3.63, 3.8) is 0 Å². The summed E-state index contributed by atoms with van der Waals surface area (Å²) in [5.41, 5.74) is 6.59. The van der Waals surface area contributed by atoms with Gasteiger partial charge in [0, 0.05) is 5.56 Å². The zero-order chi connectivity index (χ0) is 9.84. The minimum Gasteiger partial charge on any atom is -0.392 e. The lowest BCUT2D eigenvalue weighted by atomic mass is 10.0. The van der Waals surface area contributed by atoms with E-state index in [0.29, 0.717) is 11.1 Å². The molecule has 0 saturated heterocycles. The van der Waals surface area contributed by atoms with E-state index < -0.39 is 6.04 Å². The van der Waals surface area contributed by atoms with E-state index in [1.807, 2.05) is 0 Å². The first kappa shape index (κ1) is 9.89. The van der Waals surface area contributed by atoms with Crippen molar-refractivity contribution < 1.29 is 9.50 Å². The Hall–Kier alpha value is -1.19. The van der Waals surface area contributed by atoms with E-state index in [4.69, 9.17) is 10.8 Å². The summed E-state index contributed by atoms with van der Waals surface area (Å²) in [5.74, 6) is -0.371. The molecule has 0 fully saturated rings. The molecule has 1 atom stereocenters. The highest BCUT2D eigenvalue weighted by Gasteiger charge is 2.08. The predicted molar refractivity (Wildman–Crippen MR) is 49.4 cm³/mol. The summed E-state index contributed by atoms with van der Waals surface area (Å²) in [6.45, 7) is 3.37. The summed E-state index contributed by atoms with van der Waals surface area (Å²) in [6, 6.07) is 3.84. The molecule has 0 unspecified atom stereocenters. The van der Waals surface area contributed by atoms with Gasteiger partial charge in [0.05, 0.1) is 12.6 Å². The Morgan fingerprint density at radius 1 is 1.62 bits per heavy atom. The summed E-state index contributed by atoms with van der Waals surface area (Å²) in [6.07, 6.45) is 1.46. The molecule has 0 spiro atoms. The fourth-order valence-electron chi connectivity index (χ4n) is 1.07. The van der Waals surface area contributed by atoms with Crippen LogP contribution in [0.25, 0.3) is 0 Å². The molecular formula is C10H12FNO. The SMILES string of the molecule is C=C[C@@H](N)c1cc(CO)ccc1F. The van der Waals surface area contributed by atoms with Gasteiger partial charge in [0.2, 0.25) is 0 Å². The van der Waals surface area contributed by atoms with Crippen molar-refractivity contribution >= 4 is 0 Å². The summed E-state index contributed by atoms with van der Waals surface area (Å²) in [5, 5.41) is 8.82. The second kappa shape index (κ2) is 4.16. The predicted octanol–water partition coefficient (Wildman–Crippen LogP) is 1.50. The van der Waals surface area contributed by atoms with Gasteiger partial charge in [0.1, 0.15) is 5.82 Å². The number of hydrogen-bond donors (Lipinski definition) is 2. The number of aliphatic hydroxyl groups is 1. The minimum absolute atomic E-state index is 0.114. The number of hydrogen-bond acceptors (Lipinski definition) is 2. The van der Waals surface area contributed by atoms with E-state index in [1.54, 1.807) is 6.07 Å². The maximum atomic E-state index is 13.1. The molecule has 0 heterocycles. The lowest BCUT2D eigenvalue weighted by Gasteiger charge is -2.09. The van der Waals surface area contributed by atoms with Gasteiger partial charge in [-0.2, -0.15) is 0 Å². The number of aliphatic hydroxyl groups excluding tert-OH is 1. The first-order valence-electron chi connectivity index (χ1n) is 3.96. The van der Waals surface area contributed by atoms with E-state index in [9.17, 15) is 4.39 Å². The van der Waals surface area contributed by atoms with Crippen LogP contribution in [0.5, 0.6) is 0 Å². The Kier molecular flexibility index (Phi) is 3.17. The average Bonchev–Trinajstić information content (AvgIpc) is 2.17. The van der Waals surface area contributed by atoms with Gasteiger partial charge < -0.3 is 10.8 Å². The number of rotatable bonds is 3. The van der Waals surface area contributed by atoms with E-state index in [0.717, 1.165) is 0 Å². The van der Waals surface area contributed by atoms with Crippen molar-refractivity contribution in [3.05, 3.63) is 47.8 Å². The van der Waals surface area contributed by atoms with E-state index in [2.05, 4.69) is 6.58 Å². The van der Waals surface area contributed by atoms with Crippen LogP contribution in [0.4, 0.5) is 4.39 Å². The third-order valence-electron chi connectivity index (χ3n) is 1.86. The molecule has 70 valence electrons. The van der Waals surface area contributed by atoms with Crippen LogP contribution in [-0.4, -0.2) is 5.11 Å². The van der Waals surface area contributed by atoms with Crippen molar-refractivity contribution in [1.29, 1.82) is 0 Å². The molecular weight excluding hydrogens is 169 g/mol. The third-order valence-corrected chi connectivity index (χ3v) is 1.86. The highest BCUT2D eigenvalue weighted by atomic mass is 19.1. The zero-order valence-corrected chi connectivity index (χ0v) is 7.20. The van der Waals surface area contributed by atoms with Crippen LogP contribution in [0.3, 0.4) is 0 Å². The van der Waals surface area contributed by atoms with Crippen molar-refractivity contribution in [1.82, 2.24) is 0 Å². The van der Waals surface area contributed by atoms with E-state index in [1.165, 1.54) is 18.2 Å². The minimum atomic E-state index is -0.522. The highest BCUT2D eigenvalue weighted by Crippen LogP contribution is 2.17. The summed E-state index contributed by atoms with van der Waals surface area (Å²) < 4.78 is 13.1. The maximum absolute atomic E-state index is 13.1. The fraction of sp³-hybridized carbons (Fsp3) is 0.200. The third kappa shape index (κ3) is 2.14. The van der Waals surface area contributed by atoms with Crippen molar-refractivity contribution in [2.75, 3.05) is 0 Å². The van der Waals surface area contributed by atoms with E-state index >= 15 is 0 Å². The van der Waals surface area contributed by atoms with Crippen molar-refractivity contribution in [2.45, 2.75) is 12.6 Å². The molecule has 1 aromatic carbocycles. The Balaban J connectivity index is 3.10. The van der Waals surface area contributed by atoms with Gasteiger partial charge in [0.25, 0.3) is 0 Å². The van der Waals surface area contributed by atoms with Crippen molar-refractivity contribution in [2.24, 2.45) is 5.73 Å². The van der Waals surface area contributed by atoms with Crippen LogP contribution in [0.2, 0.25) is 0 Å². The normalized spacial score (nSPS) is 12.5. The lowest BCUT2D eigenvalue weighted by molar-refractivity contribution is 0.281. The molecule has 0 aliphatic carbocycles. The Morgan fingerprint density at radius 3 is 2.85 bits per heavy atom. The molecule has 0 radical (unpaired) electrons. The first-order chi connectivity index (χ1) is 6.19. The number of nitrogens with two attached hydrogens (primary N) is 1. The quantitative estimate of drug-likeness (QED) is 0.694. The van der Waals surface area contributed by atoms with Gasteiger partial charge in [-0.25, -0.2) is 4.39 Å². The molecule has 0 aliphatic heterocycles. The molecule has 3 N–H and O–H groups in total. The molecule has 0 aromatic heterocycles. The molecule has 0 bridgehead atoms. The van der Waals surface area contributed by atoms with Crippen LogP contribution in [0.1, 0.15) is 17.2 Å². The Labute approximate surface area is 76.5 Å². The molecule has 3 heteroatoms. The lowest BCUT2D eigenvalue weighted by Crippen LogP contribution is -2.09. The molecule has 13 heavy (non-hydrogen) atoms. The summed E-state index contributed by atoms with van der Waals surface area (Å²) >= 11 is 0. The number of benzene rings is 1. The van der Waals surface area contributed by atoms with Crippen LogP contribution < -0.4 is 5.73 Å². The zero-order valence-electron chi connectivity index (χ0n) is 7.20. The van der Waals surface area contributed by atoms with Gasteiger partial charge in [-0.1, -0.05) is 12.1 Å². The molecule has 2 nitrogen and oxygen atoms in total. The van der Waals surface area contributed by atoms with Gasteiger partial charge >= 0.3 is 0 Å². The van der Waals surface area contributed by atoms with Crippen LogP contribution in [0, 0.1) is 5.82 Å². The smallest absolute Gasteiger partial charge is 0.128 e. The number of halogens is 1. The van der Waals surface area contributed by atoms with E-state index in [-0.39, 0.29) is 12.4 Å². The fourth-order valence-corrected chi connectivity index (χ4v) is 1.07. The Morgan fingerprint density at radius 2 is 2.31 bits per heavy atom. The molecule has 1 rings (SSSR count). The second-order valence-corrected chi connectivity index (χ2v) is 2.78. The topological polar surface area (TPSA) is 46.2 Å². The van der Waals surface area contributed by atoms with Gasteiger partial charge in [-0.15, -0.1) is 6.58 Å². The van der Waals surface area contributed by atoms with Gasteiger partial charge in [-0.05, 0) is 17.7 Å².